The van der Waals surface area contributed by atoms with Crippen molar-refractivity contribution in [2.75, 3.05) is 48.8 Å². The lowest BCUT2D eigenvalue weighted by Gasteiger charge is -2.36. The maximum absolute atomic E-state index is 5.68. The molecule has 0 amide bonds. The molecule has 0 atom stereocenters. The first kappa shape index (κ1) is 13.8. The van der Waals surface area contributed by atoms with Gasteiger partial charge in [-0.1, -0.05) is 13.8 Å². The predicted octanol–water partition coefficient (Wildman–Crippen LogP) is 0.122. The van der Waals surface area contributed by atoms with E-state index in [-0.39, 0.29) is 5.95 Å². The van der Waals surface area contributed by atoms with E-state index in [0.717, 1.165) is 38.5 Å². The first-order valence-corrected chi connectivity index (χ1v) is 6.67. The van der Waals surface area contributed by atoms with E-state index in [0.29, 0.717) is 11.7 Å². The fourth-order valence-electron chi connectivity index (χ4n) is 2.36. The van der Waals surface area contributed by atoms with Crippen molar-refractivity contribution in [3.63, 3.8) is 0 Å². The van der Waals surface area contributed by atoms with E-state index in [2.05, 4.69) is 39.0 Å². The highest BCUT2D eigenvalue weighted by atomic mass is 15.3. The molecule has 0 unspecified atom stereocenters. The van der Waals surface area contributed by atoms with Gasteiger partial charge in [-0.3, -0.25) is 4.90 Å². The van der Waals surface area contributed by atoms with Crippen LogP contribution in [0.5, 0.6) is 0 Å². The third-order valence-corrected chi connectivity index (χ3v) is 3.20. The number of rotatable bonds is 4. The number of nitrogens with two attached hydrogens (primary N) is 2. The molecule has 0 bridgehead atoms. The van der Waals surface area contributed by atoms with E-state index in [9.17, 15) is 0 Å². The molecule has 0 saturated carbocycles. The molecule has 2 rings (SSSR count). The monoisotopic (exact) mass is 265 g/mol. The van der Waals surface area contributed by atoms with Gasteiger partial charge in [-0.25, -0.2) is 5.84 Å². The van der Waals surface area contributed by atoms with E-state index in [4.69, 9.17) is 11.6 Å². The van der Waals surface area contributed by atoms with Crippen LogP contribution in [0.15, 0.2) is 6.07 Å². The number of aromatic nitrogens is 2. The van der Waals surface area contributed by atoms with E-state index in [1.807, 2.05) is 6.07 Å². The minimum absolute atomic E-state index is 0.245. The van der Waals surface area contributed by atoms with Crippen LogP contribution in [0, 0.1) is 5.92 Å². The number of nitrogens with zero attached hydrogens (tertiary/aromatic N) is 4. The fraction of sp³-hybridized carbons (Fsp3) is 0.667. The van der Waals surface area contributed by atoms with Crippen molar-refractivity contribution in [2.24, 2.45) is 11.8 Å². The number of hydrogen-bond donors (Lipinski definition) is 3. The molecule has 7 heteroatoms. The van der Waals surface area contributed by atoms with Crippen LogP contribution >= 0.6 is 0 Å². The van der Waals surface area contributed by atoms with E-state index in [1.54, 1.807) is 0 Å². The molecule has 0 radical (unpaired) electrons. The zero-order valence-electron chi connectivity index (χ0n) is 11.6. The molecule has 2 heterocycles. The second-order valence-corrected chi connectivity index (χ2v) is 5.30. The molecule has 0 aromatic carbocycles. The minimum Gasteiger partial charge on any atom is -0.368 e. The summed E-state index contributed by atoms with van der Waals surface area (Å²) in [7, 11) is 0. The molecule has 106 valence electrons. The second kappa shape index (κ2) is 6.03. The first-order chi connectivity index (χ1) is 9.08. The maximum atomic E-state index is 5.68. The van der Waals surface area contributed by atoms with Gasteiger partial charge in [0.05, 0.1) is 0 Å². The quantitative estimate of drug-likeness (QED) is 0.525. The Labute approximate surface area is 114 Å². The summed E-state index contributed by atoms with van der Waals surface area (Å²) in [5, 5.41) is 0. The third-order valence-electron chi connectivity index (χ3n) is 3.20. The van der Waals surface area contributed by atoms with E-state index >= 15 is 0 Å². The Morgan fingerprint density at radius 1 is 1.26 bits per heavy atom. The average molecular weight is 265 g/mol. The molecule has 19 heavy (non-hydrogen) atoms. The van der Waals surface area contributed by atoms with Gasteiger partial charge >= 0.3 is 0 Å². The van der Waals surface area contributed by atoms with Crippen LogP contribution in [-0.4, -0.2) is 47.6 Å². The van der Waals surface area contributed by atoms with Crippen LogP contribution < -0.4 is 21.9 Å². The van der Waals surface area contributed by atoms with Gasteiger partial charge in [-0.15, -0.1) is 0 Å². The highest BCUT2D eigenvalue weighted by Gasteiger charge is 2.19. The van der Waals surface area contributed by atoms with Crippen LogP contribution in [0.25, 0.3) is 0 Å². The summed E-state index contributed by atoms with van der Waals surface area (Å²) in [6.45, 7) is 9.64. The van der Waals surface area contributed by atoms with Crippen molar-refractivity contribution in [1.29, 1.82) is 0 Å². The molecule has 1 aromatic rings. The van der Waals surface area contributed by atoms with Gasteiger partial charge in [0.15, 0.2) is 0 Å². The van der Waals surface area contributed by atoms with Crippen LogP contribution in [0.2, 0.25) is 0 Å². The van der Waals surface area contributed by atoms with Crippen LogP contribution in [0.1, 0.15) is 13.8 Å². The molecule has 7 nitrogen and oxygen atoms in total. The van der Waals surface area contributed by atoms with E-state index < -0.39 is 0 Å². The number of piperazine rings is 1. The summed E-state index contributed by atoms with van der Waals surface area (Å²) in [4.78, 5) is 13.0. The Morgan fingerprint density at radius 3 is 2.53 bits per heavy atom. The van der Waals surface area contributed by atoms with Crippen molar-refractivity contribution in [3.05, 3.63) is 6.07 Å². The standard InChI is InChI=1S/C12H23N7/c1-9(2)8-18-3-5-19(6-4-18)11-7-10(17-14)15-12(13)16-11/h7,9H,3-6,8,14H2,1-2H3,(H3,13,15,16,17). The molecule has 0 spiro atoms. The highest BCUT2D eigenvalue weighted by molar-refractivity contribution is 5.52. The van der Waals surface area contributed by atoms with Crippen molar-refractivity contribution in [3.8, 4) is 0 Å². The molecular formula is C12H23N7. The Bertz CT molecular complexity index is 413. The Kier molecular flexibility index (Phi) is 4.39. The first-order valence-electron chi connectivity index (χ1n) is 6.67. The maximum Gasteiger partial charge on any atom is 0.223 e. The van der Waals surface area contributed by atoms with Crippen molar-refractivity contribution in [1.82, 2.24) is 14.9 Å². The van der Waals surface area contributed by atoms with Gasteiger partial charge in [-0.05, 0) is 5.92 Å². The lowest BCUT2D eigenvalue weighted by Crippen LogP contribution is -2.47. The summed E-state index contributed by atoms with van der Waals surface area (Å²) in [5.41, 5.74) is 8.19. The summed E-state index contributed by atoms with van der Waals surface area (Å²) in [6, 6.07) is 1.83. The number of hydrogen-bond acceptors (Lipinski definition) is 7. The van der Waals surface area contributed by atoms with Crippen molar-refractivity contribution < 1.29 is 0 Å². The second-order valence-electron chi connectivity index (χ2n) is 5.30. The van der Waals surface area contributed by atoms with E-state index in [1.165, 1.54) is 0 Å². The van der Waals surface area contributed by atoms with Crippen molar-refractivity contribution >= 4 is 17.6 Å². The molecule has 1 saturated heterocycles. The zero-order valence-corrected chi connectivity index (χ0v) is 11.6. The van der Waals surface area contributed by atoms with Gasteiger partial charge < -0.3 is 16.1 Å². The molecule has 1 aromatic heterocycles. The molecule has 0 aliphatic carbocycles. The highest BCUT2D eigenvalue weighted by Crippen LogP contribution is 2.18. The van der Waals surface area contributed by atoms with Gasteiger partial charge in [0, 0.05) is 38.8 Å². The lowest BCUT2D eigenvalue weighted by molar-refractivity contribution is 0.231. The Morgan fingerprint density at radius 2 is 1.95 bits per heavy atom. The van der Waals surface area contributed by atoms with Crippen LogP contribution in [-0.2, 0) is 0 Å². The third kappa shape index (κ3) is 3.68. The summed E-state index contributed by atoms with van der Waals surface area (Å²) in [5.74, 6) is 7.71. The normalized spacial score (nSPS) is 16.9. The van der Waals surface area contributed by atoms with Crippen LogP contribution in [0.3, 0.4) is 0 Å². The fourth-order valence-corrected chi connectivity index (χ4v) is 2.36. The zero-order chi connectivity index (χ0) is 13.8. The molecular weight excluding hydrogens is 242 g/mol. The van der Waals surface area contributed by atoms with Crippen LogP contribution in [0.4, 0.5) is 17.6 Å². The summed E-state index contributed by atoms with van der Waals surface area (Å²) < 4.78 is 0. The largest absolute Gasteiger partial charge is 0.368 e. The molecule has 1 aliphatic heterocycles. The number of nitrogens with one attached hydrogen (secondary N) is 1. The SMILES string of the molecule is CC(C)CN1CCN(c2cc(NN)nc(N)n2)CC1. The number of nitrogen functional groups attached to an aromatic ring is 2. The Balaban J connectivity index is 1.99. The Hall–Kier alpha value is -1.60. The smallest absolute Gasteiger partial charge is 0.223 e. The topological polar surface area (TPSA) is 96.3 Å². The number of hydrazine groups is 1. The van der Waals surface area contributed by atoms with Gasteiger partial charge in [0.25, 0.3) is 0 Å². The predicted molar refractivity (Wildman–Crippen MR) is 77.7 cm³/mol. The average Bonchev–Trinajstić information content (AvgIpc) is 2.38. The lowest BCUT2D eigenvalue weighted by atomic mass is 10.2. The molecule has 1 fully saturated rings. The summed E-state index contributed by atoms with van der Waals surface area (Å²) in [6.07, 6.45) is 0. The summed E-state index contributed by atoms with van der Waals surface area (Å²) >= 11 is 0. The van der Waals surface area contributed by atoms with Gasteiger partial charge in [0.2, 0.25) is 5.95 Å². The van der Waals surface area contributed by atoms with Gasteiger partial charge in [0.1, 0.15) is 11.6 Å². The van der Waals surface area contributed by atoms with Crippen molar-refractivity contribution in [2.45, 2.75) is 13.8 Å². The molecule has 1 aliphatic rings. The minimum atomic E-state index is 0.245. The van der Waals surface area contributed by atoms with Gasteiger partial charge in [-0.2, -0.15) is 9.97 Å². The number of anilines is 3. The molecule has 5 N–H and O–H groups in total.